The largest absolute Gasteiger partial charge is 0.392 e. The fraction of sp³-hybridized carbons (Fsp3) is 0.318. The number of aliphatic hydroxyl groups excluding tert-OH is 1. The number of hydrogen-bond acceptors (Lipinski definition) is 3. The quantitative estimate of drug-likeness (QED) is 0.744. The first-order valence-electron chi connectivity index (χ1n) is 9.28. The molecule has 4 nitrogen and oxygen atoms in total. The highest BCUT2D eigenvalue weighted by atomic mass is 16.3. The van der Waals surface area contributed by atoms with E-state index in [-0.39, 0.29) is 12.0 Å². The van der Waals surface area contributed by atoms with Crippen molar-refractivity contribution in [3.63, 3.8) is 0 Å². The maximum atomic E-state index is 9.77. The average molecular weight is 347 g/mol. The van der Waals surface area contributed by atoms with Gasteiger partial charge in [-0.1, -0.05) is 60.7 Å². The molecule has 3 aromatic rings. The number of fused-ring (bicyclic) bond motifs is 1. The number of H-pyrrole nitrogens is 1. The smallest absolute Gasteiger partial charge is 0.0788 e. The Kier molecular flexibility index (Phi) is 4.87. The second kappa shape index (κ2) is 7.44. The third kappa shape index (κ3) is 3.43. The zero-order chi connectivity index (χ0) is 17.9. The minimum absolute atomic E-state index is 0.115. The summed E-state index contributed by atoms with van der Waals surface area (Å²) in [6.45, 7) is 4.34. The van der Waals surface area contributed by atoms with Crippen molar-refractivity contribution in [2.45, 2.75) is 31.9 Å². The summed E-state index contributed by atoms with van der Waals surface area (Å²) in [6, 6.07) is 21.2. The molecule has 0 aliphatic carbocycles. The van der Waals surface area contributed by atoms with Crippen molar-refractivity contribution < 1.29 is 5.11 Å². The Balaban J connectivity index is 1.75. The lowest BCUT2D eigenvalue weighted by molar-refractivity contribution is 0.118. The summed E-state index contributed by atoms with van der Waals surface area (Å²) in [4.78, 5) is 2.32. The van der Waals surface area contributed by atoms with E-state index in [4.69, 9.17) is 5.10 Å². The topological polar surface area (TPSA) is 52.1 Å². The van der Waals surface area contributed by atoms with Gasteiger partial charge in [0, 0.05) is 37.3 Å². The third-order valence-electron chi connectivity index (χ3n) is 5.11. The van der Waals surface area contributed by atoms with E-state index in [1.165, 1.54) is 22.4 Å². The van der Waals surface area contributed by atoms with Gasteiger partial charge < -0.3 is 5.11 Å². The lowest BCUT2D eigenvalue weighted by atomic mass is 9.85. The van der Waals surface area contributed by atoms with Crippen molar-refractivity contribution in [2.75, 3.05) is 13.1 Å². The van der Waals surface area contributed by atoms with E-state index >= 15 is 0 Å². The number of aromatic nitrogens is 2. The van der Waals surface area contributed by atoms with Crippen LogP contribution in [0.15, 0.2) is 60.7 Å². The van der Waals surface area contributed by atoms with E-state index < -0.39 is 0 Å². The molecule has 0 unspecified atom stereocenters. The molecule has 0 saturated carbocycles. The second-order valence-corrected chi connectivity index (χ2v) is 7.15. The number of hydrogen-bond donors (Lipinski definition) is 2. The van der Waals surface area contributed by atoms with Crippen molar-refractivity contribution in [1.82, 2.24) is 15.1 Å². The molecular weight excluding hydrogens is 322 g/mol. The van der Waals surface area contributed by atoms with Gasteiger partial charge in [0.25, 0.3) is 0 Å². The molecule has 1 atom stereocenters. The van der Waals surface area contributed by atoms with Crippen LogP contribution >= 0.6 is 0 Å². The number of nitrogens with one attached hydrogen (secondary N) is 1. The van der Waals surface area contributed by atoms with Crippen LogP contribution in [0.3, 0.4) is 0 Å². The first kappa shape index (κ1) is 17.0. The Morgan fingerprint density at radius 2 is 1.65 bits per heavy atom. The number of nitrogens with zero attached hydrogens (tertiary/aromatic N) is 2. The van der Waals surface area contributed by atoms with Gasteiger partial charge in [0.2, 0.25) is 0 Å². The zero-order valence-corrected chi connectivity index (χ0v) is 15.1. The Morgan fingerprint density at radius 3 is 2.23 bits per heavy atom. The van der Waals surface area contributed by atoms with E-state index in [2.05, 4.69) is 70.7 Å². The fourth-order valence-corrected chi connectivity index (χ4v) is 3.94. The lowest BCUT2D eigenvalue weighted by Gasteiger charge is -2.29. The number of rotatable bonds is 5. The highest BCUT2D eigenvalue weighted by Crippen LogP contribution is 2.35. The van der Waals surface area contributed by atoms with Gasteiger partial charge in [0.05, 0.1) is 17.7 Å². The van der Waals surface area contributed by atoms with Crippen LogP contribution < -0.4 is 0 Å². The van der Waals surface area contributed by atoms with Crippen LogP contribution in [-0.4, -0.2) is 39.4 Å². The summed E-state index contributed by atoms with van der Waals surface area (Å²) in [5, 5.41) is 17.8. The van der Waals surface area contributed by atoms with Crippen molar-refractivity contribution in [2.24, 2.45) is 0 Å². The van der Waals surface area contributed by atoms with Crippen LogP contribution in [0.4, 0.5) is 0 Å². The molecule has 1 aromatic heterocycles. The van der Waals surface area contributed by atoms with Crippen LogP contribution in [0.2, 0.25) is 0 Å². The first-order chi connectivity index (χ1) is 12.7. The fourth-order valence-electron chi connectivity index (χ4n) is 3.94. The SMILES string of the molecule is C[C@@H](O)CN1CCc2[nH]nc(C(c3ccccc3)c3ccccc3)c2C1. The van der Waals surface area contributed by atoms with Crippen molar-refractivity contribution in [1.29, 1.82) is 0 Å². The van der Waals surface area contributed by atoms with Gasteiger partial charge in [-0.2, -0.15) is 5.10 Å². The van der Waals surface area contributed by atoms with E-state index in [0.717, 1.165) is 25.2 Å². The van der Waals surface area contributed by atoms with Gasteiger partial charge in [0.1, 0.15) is 0 Å². The molecule has 2 N–H and O–H groups in total. The van der Waals surface area contributed by atoms with Gasteiger partial charge in [-0.05, 0) is 18.1 Å². The van der Waals surface area contributed by atoms with Crippen LogP contribution in [-0.2, 0) is 13.0 Å². The first-order valence-corrected chi connectivity index (χ1v) is 9.28. The molecule has 134 valence electrons. The maximum absolute atomic E-state index is 9.77. The summed E-state index contributed by atoms with van der Waals surface area (Å²) >= 11 is 0. The molecule has 1 aliphatic heterocycles. The number of benzene rings is 2. The monoisotopic (exact) mass is 347 g/mol. The minimum atomic E-state index is -0.314. The van der Waals surface area contributed by atoms with Crippen molar-refractivity contribution in [3.8, 4) is 0 Å². The van der Waals surface area contributed by atoms with E-state index in [9.17, 15) is 5.11 Å². The molecule has 2 heterocycles. The summed E-state index contributed by atoms with van der Waals surface area (Å²) < 4.78 is 0. The van der Waals surface area contributed by atoms with E-state index in [1.807, 2.05) is 6.92 Å². The molecule has 2 aromatic carbocycles. The molecule has 0 bridgehead atoms. The Bertz CT molecular complexity index is 803. The second-order valence-electron chi connectivity index (χ2n) is 7.15. The van der Waals surface area contributed by atoms with Gasteiger partial charge in [0.15, 0.2) is 0 Å². The Morgan fingerprint density at radius 1 is 1.04 bits per heavy atom. The summed E-state index contributed by atoms with van der Waals surface area (Å²) in [7, 11) is 0. The van der Waals surface area contributed by atoms with Crippen molar-refractivity contribution >= 4 is 0 Å². The summed E-state index contributed by atoms with van der Waals surface area (Å²) in [6.07, 6.45) is 0.636. The predicted octanol–water partition coefficient (Wildman–Crippen LogP) is 3.33. The average Bonchev–Trinajstić information content (AvgIpc) is 3.06. The predicted molar refractivity (Wildman–Crippen MR) is 103 cm³/mol. The molecule has 0 saturated heterocycles. The van der Waals surface area contributed by atoms with E-state index in [0.29, 0.717) is 6.54 Å². The molecule has 0 spiro atoms. The Labute approximate surface area is 154 Å². The van der Waals surface area contributed by atoms with Gasteiger partial charge in [-0.25, -0.2) is 0 Å². The van der Waals surface area contributed by atoms with Crippen LogP contribution in [0.1, 0.15) is 40.9 Å². The third-order valence-corrected chi connectivity index (χ3v) is 5.11. The molecule has 26 heavy (non-hydrogen) atoms. The van der Waals surface area contributed by atoms with Crippen LogP contribution in [0, 0.1) is 0 Å². The molecule has 4 rings (SSSR count). The lowest BCUT2D eigenvalue weighted by Crippen LogP contribution is -2.35. The number of β-amino-alcohol motifs (C(OH)–C–C–N with tert-alkyl or cyclic N) is 1. The zero-order valence-electron chi connectivity index (χ0n) is 15.1. The molecule has 0 fully saturated rings. The number of aromatic amines is 1. The van der Waals surface area contributed by atoms with Gasteiger partial charge in [-0.3, -0.25) is 10.00 Å². The molecule has 4 heteroatoms. The van der Waals surface area contributed by atoms with Gasteiger partial charge in [-0.15, -0.1) is 0 Å². The normalized spacial score (nSPS) is 15.8. The highest BCUT2D eigenvalue weighted by molar-refractivity contribution is 5.44. The van der Waals surface area contributed by atoms with E-state index in [1.54, 1.807) is 0 Å². The standard InChI is InChI=1S/C22H25N3O/c1-16(26)14-25-13-12-20-19(15-25)22(24-23-20)21(17-8-4-2-5-9-17)18-10-6-3-7-11-18/h2-11,16,21,26H,12-15H2,1H3,(H,23,24)/t16-/m1/s1. The number of aliphatic hydroxyl groups is 1. The highest BCUT2D eigenvalue weighted by Gasteiger charge is 2.28. The molecule has 1 aliphatic rings. The van der Waals surface area contributed by atoms with Crippen LogP contribution in [0.25, 0.3) is 0 Å². The molecule has 0 radical (unpaired) electrons. The van der Waals surface area contributed by atoms with Crippen molar-refractivity contribution in [3.05, 3.63) is 88.7 Å². The van der Waals surface area contributed by atoms with Gasteiger partial charge >= 0.3 is 0 Å². The summed E-state index contributed by atoms with van der Waals surface area (Å²) in [5.74, 6) is 0.115. The molecular formula is C22H25N3O. The minimum Gasteiger partial charge on any atom is -0.392 e. The summed E-state index contributed by atoms with van der Waals surface area (Å²) in [5.41, 5.74) is 6.13. The maximum Gasteiger partial charge on any atom is 0.0788 e. The van der Waals surface area contributed by atoms with Crippen LogP contribution in [0.5, 0.6) is 0 Å². The Hall–Kier alpha value is -2.43. The molecule has 0 amide bonds.